The van der Waals surface area contributed by atoms with Gasteiger partial charge in [-0.05, 0) is 130 Å². The highest BCUT2D eigenvalue weighted by Crippen LogP contribution is 2.72. The first-order valence-corrected chi connectivity index (χ1v) is 13.5. The molecule has 2 nitrogen and oxygen atoms in total. The van der Waals surface area contributed by atoms with Crippen LogP contribution < -0.4 is 0 Å². The Labute approximate surface area is 199 Å². The van der Waals surface area contributed by atoms with Crippen molar-refractivity contribution < 1.29 is 23.4 Å². The molecule has 0 spiro atoms. The van der Waals surface area contributed by atoms with Gasteiger partial charge in [0.05, 0.1) is 5.60 Å². The maximum absolute atomic E-state index is 13.2. The van der Waals surface area contributed by atoms with Crippen molar-refractivity contribution in [1.29, 1.82) is 0 Å². The van der Waals surface area contributed by atoms with E-state index in [1.54, 1.807) is 0 Å². The average molecular weight is 473 g/mol. The summed E-state index contributed by atoms with van der Waals surface area (Å²) in [5, 5.41) is 20.8. The summed E-state index contributed by atoms with van der Waals surface area (Å²) in [6.45, 7) is 12.4. The van der Waals surface area contributed by atoms with Gasteiger partial charge in [0.25, 0.3) is 0 Å². The predicted molar refractivity (Wildman–Crippen MR) is 126 cm³/mol. The Morgan fingerprint density at radius 3 is 2.21 bits per heavy atom. The van der Waals surface area contributed by atoms with Crippen LogP contribution >= 0.6 is 0 Å². The second-order valence-electron chi connectivity index (χ2n) is 14.1. The van der Waals surface area contributed by atoms with Gasteiger partial charge in [-0.3, -0.25) is 0 Å². The van der Waals surface area contributed by atoms with Gasteiger partial charge >= 0.3 is 6.18 Å². The molecule has 0 radical (unpaired) electrons. The Morgan fingerprint density at radius 2 is 1.58 bits per heavy atom. The van der Waals surface area contributed by atoms with E-state index in [2.05, 4.69) is 27.7 Å². The lowest BCUT2D eigenvalue weighted by Crippen LogP contribution is -2.60. The second-order valence-corrected chi connectivity index (χ2v) is 14.1. The van der Waals surface area contributed by atoms with Crippen molar-refractivity contribution in [2.75, 3.05) is 0 Å². The van der Waals surface area contributed by atoms with Crippen molar-refractivity contribution in [1.82, 2.24) is 0 Å². The lowest BCUT2D eigenvalue weighted by molar-refractivity contribution is -0.256. The third-order valence-corrected chi connectivity index (χ3v) is 12.1. The molecule has 0 saturated heterocycles. The molecule has 0 aromatic heterocycles. The molecule has 5 heteroatoms. The van der Waals surface area contributed by atoms with Crippen LogP contribution in [0, 0.1) is 45.8 Å². The Bertz CT molecular complexity index is 746. The van der Waals surface area contributed by atoms with Crippen molar-refractivity contribution in [3.63, 3.8) is 0 Å². The summed E-state index contributed by atoms with van der Waals surface area (Å²) in [5.74, 6) is 2.71. The van der Waals surface area contributed by atoms with Crippen LogP contribution in [-0.4, -0.2) is 27.6 Å². The Morgan fingerprint density at radius 1 is 0.909 bits per heavy atom. The van der Waals surface area contributed by atoms with E-state index in [1.807, 2.05) is 6.92 Å². The maximum Gasteiger partial charge on any atom is 0.416 e. The van der Waals surface area contributed by atoms with Gasteiger partial charge in [0, 0.05) is 0 Å². The first-order valence-electron chi connectivity index (χ1n) is 13.5. The Kier molecular flexibility index (Phi) is 6.14. The molecule has 4 saturated carbocycles. The van der Waals surface area contributed by atoms with Crippen molar-refractivity contribution in [3.8, 4) is 0 Å². The van der Waals surface area contributed by atoms with Crippen molar-refractivity contribution in [2.24, 2.45) is 45.8 Å². The van der Waals surface area contributed by atoms with Crippen molar-refractivity contribution in [2.45, 2.75) is 130 Å². The minimum absolute atomic E-state index is 0.193. The molecule has 0 aromatic carbocycles. The lowest BCUT2D eigenvalue weighted by Gasteiger charge is -2.66. The largest absolute Gasteiger partial charge is 0.416 e. The third kappa shape index (κ3) is 3.99. The molecule has 33 heavy (non-hydrogen) atoms. The molecule has 4 rings (SSSR count). The van der Waals surface area contributed by atoms with E-state index < -0.39 is 17.4 Å². The predicted octanol–water partition coefficient (Wildman–Crippen LogP) is 7.52. The summed E-state index contributed by atoms with van der Waals surface area (Å²) in [6, 6.07) is 0. The van der Waals surface area contributed by atoms with E-state index in [0.717, 1.165) is 32.6 Å². The molecule has 0 heterocycles. The van der Waals surface area contributed by atoms with E-state index in [0.29, 0.717) is 30.1 Å². The van der Waals surface area contributed by atoms with Crippen molar-refractivity contribution >= 4 is 0 Å². The highest BCUT2D eigenvalue weighted by Gasteiger charge is 2.64. The number of hydrogen-bond acceptors (Lipinski definition) is 2. The van der Waals surface area contributed by atoms with Crippen LogP contribution in [0.3, 0.4) is 0 Å². The minimum atomic E-state index is -4.57. The minimum Gasteiger partial charge on any atom is -0.390 e. The van der Waals surface area contributed by atoms with E-state index in [4.69, 9.17) is 0 Å². The molecule has 0 aromatic rings. The third-order valence-electron chi connectivity index (χ3n) is 12.1. The van der Waals surface area contributed by atoms with Crippen LogP contribution in [0.25, 0.3) is 0 Å². The first kappa shape index (κ1) is 25.8. The zero-order valence-electron chi connectivity index (χ0n) is 21.7. The fraction of sp³-hybridized carbons (Fsp3) is 1.00. The molecule has 3 unspecified atom stereocenters. The monoisotopic (exact) mass is 472 g/mol. The number of alkyl halides is 3. The zero-order chi connectivity index (χ0) is 24.7. The second kappa shape index (κ2) is 7.85. The fourth-order valence-corrected chi connectivity index (χ4v) is 9.76. The highest BCUT2D eigenvalue weighted by atomic mass is 19.4. The highest BCUT2D eigenvalue weighted by molar-refractivity contribution is 5.14. The molecule has 0 amide bonds. The van der Waals surface area contributed by atoms with Gasteiger partial charge in [-0.25, -0.2) is 0 Å². The molecule has 4 aliphatic rings. The molecule has 10 atom stereocenters. The summed E-state index contributed by atoms with van der Waals surface area (Å²) in [5.41, 5.74) is -2.47. The molecule has 2 N–H and O–H groups in total. The van der Waals surface area contributed by atoms with E-state index >= 15 is 0 Å². The normalized spacial score (nSPS) is 50.6. The summed E-state index contributed by atoms with van der Waals surface area (Å²) in [6.07, 6.45) is 5.67. The smallest absolute Gasteiger partial charge is 0.390 e. The lowest BCUT2D eigenvalue weighted by atomic mass is 9.39. The number of fused-ring (bicyclic) bond motifs is 5. The molecule has 0 aliphatic heterocycles. The van der Waals surface area contributed by atoms with Crippen LogP contribution in [0.5, 0.6) is 0 Å². The Balaban J connectivity index is 1.49. The zero-order valence-corrected chi connectivity index (χ0v) is 21.7. The SMILES string of the molecule is C[C@H](CCC(C)(O)C(F)(F)F)[C@H]1CC[C@H]2C3CCC4(C)C[C@@](C)(O)CC[C@]4(C)[C@H]3CC[C@]12C. The van der Waals surface area contributed by atoms with E-state index in [1.165, 1.54) is 32.1 Å². The molecule has 4 fully saturated rings. The number of rotatable bonds is 4. The Hall–Kier alpha value is -0.290. The van der Waals surface area contributed by atoms with Gasteiger partial charge in [0.15, 0.2) is 5.60 Å². The average Bonchev–Trinajstić information content (AvgIpc) is 3.03. The van der Waals surface area contributed by atoms with Crippen LogP contribution in [0.2, 0.25) is 0 Å². The standard InChI is InChI=1S/C28H47F3O2/c1-18(9-14-27(6,33)28(29,30)31)20-7-8-21-19-10-12-23(2)17-24(3,32)15-16-26(23,5)22(19)11-13-25(20,21)4/h18-22,32-33H,7-17H2,1-6H3/t18-,19?,20-,21+,22+,23?,24+,25-,26-,27?/m1/s1. The fourth-order valence-electron chi connectivity index (χ4n) is 9.76. The molecular weight excluding hydrogens is 425 g/mol. The van der Waals surface area contributed by atoms with Gasteiger partial charge in [0.1, 0.15) is 0 Å². The molecular formula is C28H47F3O2. The topological polar surface area (TPSA) is 40.5 Å². The van der Waals surface area contributed by atoms with E-state index in [-0.39, 0.29) is 28.6 Å². The summed E-state index contributed by atoms with van der Waals surface area (Å²) in [4.78, 5) is 0. The van der Waals surface area contributed by atoms with Crippen LogP contribution in [-0.2, 0) is 0 Å². The van der Waals surface area contributed by atoms with Crippen LogP contribution in [0.4, 0.5) is 13.2 Å². The van der Waals surface area contributed by atoms with Gasteiger partial charge in [0.2, 0.25) is 0 Å². The van der Waals surface area contributed by atoms with Crippen LogP contribution in [0.1, 0.15) is 112 Å². The number of hydrogen-bond donors (Lipinski definition) is 2. The first-order chi connectivity index (χ1) is 15.0. The quantitative estimate of drug-likeness (QED) is 0.444. The molecule has 192 valence electrons. The van der Waals surface area contributed by atoms with Crippen molar-refractivity contribution in [3.05, 3.63) is 0 Å². The summed E-state index contributed by atoms with van der Waals surface area (Å²) in [7, 11) is 0. The summed E-state index contributed by atoms with van der Waals surface area (Å²) < 4.78 is 39.5. The van der Waals surface area contributed by atoms with Crippen LogP contribution in [0.15, 0.2) is 0 Å². The maximum atomic E-state index is 13.2. The van der Waals surface area contributed by atoms with Gasteiger partial charge in [-0.15, -0.1) is 0 Å². The molecule has 0 bridgehead atoms. The van der Waals surface area contributed by atoms with Gasteiger partial charge in [-0.1, -0.05) is 27.7 Å². The summed E-state index contributed by atoms with van der Waals surface area (Å²) >= 11 is 0. The number of aliphatic hydroxyl groups is 2. The number of halogens is 3. The van der Waals surface area contributed by atoms with Gasteiger partial charge in [-0.2, -0.15) is 13.2 Å². The van der Waals surface area contributed by atoms with Gasteiger partial charge < -0.3 is 10.2 Å². The van der Waals surface area contributed by atoms with E-state index in [9.17, 15) is 23.4 Å². The molecule has 4 aliphatic carbocycles.